The molecule has 1 amide bonds. The van der Waals surface area contributed by atoms with Crippen LogP contribution in [-0.4, -0.2) is 58.3 Å². The van der Waals surface area contributed by atoms with E-state index >= 15 is 0 Å². The van der Waals surface area contributed by atoms with Gasteiger partial charge in [0.05, 0.1) is 11.4 Å². The molecule has 3 rings (SSSR count). The van der Waals surface area contributed by atoms with E-state index in [4.69, 9.17) is 4.74 Å². The van der Waals surface area contributed by atoms with Crippen molar-refractivity contribution in [3.8, 4) is 5.75 Å². The molecule has 1 heterocycles. The molecule has 1 aliphatic rings. The van der Waals surface area contributed by atoms with Gasteiger partial charge in [-0.2, -0.15) is 0 Å². The number of carbonyl (C=O) groups is 1. The first-order chi connectivity index (χ1) is 14.3. The van der Waals surface area contributed by atoms with Crippen molar-refractivity contribution in [2.24, 2.45) is 0 Å². The standard InChI is InChI=1S/C22H29N3O4S/c1-4-30(27,28)25(3)19-9-5-17(6-10-19)22(26)23-18-7-11-20(12-8-18)29-21-13-15-24(2)16-14-21/h5-12,21H,4,13-16H2,1-3H3,(H,23,26). The summed E-state index contributed by atoms with van der Waals surface area (Å²) >= 11 is 0. The van der Waals surface area contributed by atoms with E-state index in [9.17, 15) is 13.2 Å². The van der Waals surface area contributed by atoms with Gasteiger partial charge in [-0.05, 0) is 75.3 Å². The van der Waals surface area contributed by atoms with E-state index in [1.807, 2.05) is 24.3 Å². The van der Waals surface area contributed by atoms with Gasteiger partial charge in [-0.25, -0.2) is 8.42 Å². The van der Waals surface area contributed by atoms with E-state index in [0.717, 1.165) is 31.7 Å². The van der Waals surface area contributed by atoms with Gasteiger partial charge in [-0.1, -0.05) is 0 Å². The van der Waals surface area contributed by atoms with Crippen molar-refractivity contribution in [2.75, 3.05) is 42.6 Å². The van der Waals surface area contributed by atoms with E-state index < -0.39 is 10.0 Å². The van der Waals surface area contributed by atoms with Crippen LogP contribution in [-0.2, 0) is 10.0 Å². The summed E-state index contributed by atoms with van der Waals surface area (Å²) in [5, 5.41) is 2.85. The van der Waals surface area contributed by atoms with Crippen molar-refractivity contribution in [2.45, 2.75) is 25.9 Å². The first-order valence-corrected chi connectivity index (χ1v) is 11.7. The number of hydrogen-bond acceptors (Lipinski definition) is 5. The Morgan fingerprint density at radius 1 is 1.10 bits per heavy atom. The van der Waals surface area contributed by atoms with Crippen molar-refractivity contribution in [3.05, 3.63) is 54.1 Å². The van der Waals surface area contributed by atoms with Crippen LogP contribution in [0.1, 0.15) is 30.1 Å². The molecule has 1 N–H and O–H groups in total. The quantitative estimate of drug-likeness (QED) is 0.728. The van der Waals surface area contributed by atoms with Crippen LogP contribution in [0.5, 0.6) is 5.75 Å². The van der Waals surface area contributed by atoms with Crippen LogP contribution >= 0.6 is 0 Å². The van der Waals surface area contributed by atoms with Crippen LogP contribution in [0, 0.1) is 0 Å². The van der Waals surface area contributed by atoms with Gasteiger partial charge in [0.2, 0.25) is 10.0 Å². The molecule has 0 spiro atoms. The van der Waals surface area contributed by atoms with Gasteiger partial charge < -0.3 is 15.0 Å². The highest BCUT2D eigenvalue weighted by Gasteiger charge is 2.18. The molecular formula is C22H29N3O4S. The summed E-state index contributed by atoms with van der Waals surface area (Å²) in [5.74, 6) is 0.557. The monoisotopic (exact) mass is 431 g/mol. The number of sulfonamides is 1. The number of piperidine rings is 1. The Kier molecular flexibility index (Phi) is 6.99. The van der Waals surface area contributed by atoms with Gasteiger partial charge >= 0.3 is 0 Å². The number of rotatable bonds is 7. The lowest BCUT2D eigenvalue weighted by atomic mass is 10.1. The number of anilines is 2. The smallest absolute Gasteiger partial charge is 0.255 e. The third-order valence-corrected chi connectivity index (χ3v) is 7.13. The molecule has 0 aromatic heterocycles. The molecule has 8 heteroatoms. The lowest BCUT2D eigenvalue weighted by molar-refractivity contribution is 0.102. The first kappa shape index (κ1) is 22.1. The van der Waals surface area contributed by atoms with Crippen molar-refractivity contribution < 1.29 is 17.9 Å². The second-order valence-corrected chi connectivity index (χ2v) is 9.80. The zero-order valence-electron chi connectivity index (χ0n) is 17.7. The lowest BCUT2D eigenvalue weighted by Crippen LogP contribution is -2.35. The zero-order valence-corrected chi connectivity index (χ0v) is 18.5. The largest absolute Gasteiger partial charge is 0.490 e. The summed E-state index contributed by atoms with van der Waals surface area (Å²) in [4.78, 5) is 14.8. The van der Waals surface area contributed by atoms with Crippen LogP contribution in [0.25, 0.3) is 0 Å². The Hall–Kier alpha value is -2.58. The summed E-state index contributed by atoms with van der Waals surface area (Å²) in [6.45, 7) is 3.67. The minimum absolute atomic E-state index is 0.0171. The number of benzene rings is 2. The number of nitrogens with zero attached hydrogens (tertiary/aromatic N) is 2. The molecule has 1 saturated heterocycles. The molecule has 1 fully saturated rings. The molecule has 1 aliphatic heterocycles. The van der Waals surface area contributed by atoms with E-state index in [1.54, 1.807) is 31.2 Å². The van der Waals surface area contributed by atoms with Crippen LogP contribution in [0.2, 0.25) is 0 Å². The fourth-order valence-electron chi connectivity index (χ4n) is 3.29. The van der Waals surface area contributed by atoms with E-state index in [0.29, 0.717) is 16.9 Å². The van der Waals surface area contributed by atoms with Crippen LogP contribution in [0.3, 0.4) is 0 Å². The van der Waals surface area contributed by atoms with Crippen molar-refractivity contribution in [1.29, 1.82) is 0 Å². The van der Waals surface area contributed by atoms with Crippen LogP contribution in [0.4, 0.5) is 11.4 Å². The molecule has 0 atom stereocenters. The number of likely N-dealkylation sites (tertiary alicyclic amines) is 1. The van der Waals surface area contributed by atoms with Gasteiger partial charge in [0.15, 0.2) is 0 Å². The van der Waals surface area contributed by atoms with E-state index in [-0.39, 0.29) is 17.8 Å². The summed E-state index contributed by atoms with van der Waals surface area (Å²) in [6, 6.07) is 13.8. The molecular weight excluding hydrogens is 402 g/mol. The van der Waals surface area contributed by atoms with Gasteiger partial charge in [0, 0.05) is 31.4 Å². The fraction of sp³-hybridized carbons (Fsp3) is 0.409. The Morgan fingerprint density at radius 2 is 1.70 bits per heavy atom. The minimum Gasteiger partial charge on any atom is -0.490 e. The molecule has 0 unspecified atom stereocenters. The molecule has 0 radical (unpaired) electrons. The van der Waals surface area contributed by atoms with Gasteiger partial charge in [-0.15, -0.1) is 0 Å². The summed E-state index contributed by atoms with van der Waals surface area (Å²) in [7, 11) is 0.289. The molecule has 2 aromatic carbocycles. The highest BCUT2D eigenvalue weighted by atomic mass is 32.2. The average molecular weight is 432 g/mol. The predicted octanol–water partition coefficient (Wildman–Crippen LogP) is 3.20. The summed E-state index contributed by atoms with van der Waals surface area (Å²) in [5.41, 5.74) is 1.64. The summed E-state index contributed by atoms with van der Waals surface area (Å²) < 4.78 is 31.2. The van der Waals surface area contributed by atoms with Crippen molar-refractivity contribution in [1.82, 2.24) is 4.90 Å². The third kappa shape index (κ3) is 5.52. The summed E-state index contributed by atoms with van der Waals surface area (Å²) in [6.07, 6.45) is 2.26. The second-order valence-electron chi connectivity index (χ2n) is 7.51. The van der Waals surface area contributed by atoms with Crippen molar-refractivity contribution >= 4 is 27.3 Å². The Morgan fingerprint density at radius 3 is 2.27 bits per heavy atom. The molecule has 7 nitrogen and oxygen atoms in total. The number of amides is 1. The average Bonchev–Trinajstić information content (AvgIpc) is 2.76. The predicted molar refractivity (Wildman–Crippen MR) is 120 cm³/mol. The third-order valence-electron chi connectivity index (χ3n) is 5.36. The maximum Gasteiger partial charge on any atom is 0.255 e. The zero-order chi connectivity index (χ0) is 21.7. The number of hydrogen-bond donors (Lipinski definition) is 1. The lowest BCUT2D eigenvalue weighted by Gasteiger charge is -2.29. The maximum atomic E-state index is 12.5. The molecule has 2 aromatic rings. The van der Waals surface area contributed by atoms with E-state index in [1.165, 1.54) is 11.4 Å². The van der Waals surface area contributed by atoms with Crippen LogP contribution in [0.15, 0.2) is 48.5 Å². The molecule has 30 heavy (non-hydrogen) atoms. The Balaban J connectivity index is 1.58. The van der Waals surface area contributed by atoms with Gasteiger partial charge in [-0.3, -0.25) is 9.10 Å². The number of carbonyl (C=O) groups excluding carboxylic acids is 1. The minimum atomic E-state index is -3.33. The molecule has 162 valence electrons. The normalized spacial score (nSPS) is 15.6. The highest BCUT2D eigenvalue weighted by Crippen LogP contribution is 2.22. The fourth-order valence-corrected chi connectivity index (χ4v) is 4.12. The number of nitrogens with one attached hydrogen (secondary N) is 1. The Bertz CT molecular complexity index is 951. The van der Waals surface area contributed by atoms with Crippen molar-refractivity contribution in [3.63, 3.8) is 0 Å². The molecule has 0 aliphatic carbocycles. The van der Waals surface area contributed by atoms with Gasteiger partial charge in [0.1, 0.15) is 11.9 Å². The highest BCUT2D eigenvalue weighted by molar-refractivity contribution is 7.92. The Labute approximate surface area is 178 Å². The first-order valence-electron chi connectivity index (χ1n) is 10.1. The van der Waals surface area contributed by atoms with Crippen LogP contribution < -0.4 is 14.4 Å². The molecule has 0 bridgehead atoms. The number of ether oxygens (including phenoxy) is 1. The SMILES string of the molecule is CCS(=O)(=O)N(C)c1ccc(C(=O)Nc2ccc(OC3CCN(C)CC3)cc2)cc1. The maximum absolute atomic E-state index is 12.5. The second kappa shape index (κ2) is 9.49. The molecule has 0 saturated carbocycles. The van der Waals surface area contributed by atoms with Gasteiger partial charge in [0.25, 0.3) is 5.91 Å². The van der Waals surface area contributed by atoms with E-state index in [2.05, 4.69) is 17.3 Å². The topological polar surface area (TPSA) is 79.0 Å².